The number of carboxylic acid groups (broad SMARTS) is 1. The van der Waals surface area contributed by atoms with E-state index in [0.717, 1.165) is 0 Å². The van der Waals surface area contributed by atoms with E-state index < -0.39 is 21.9 Å². The second-order valence-electron chi connectivity index (χ2n) is 4.72. The average molecular weight is 299 g/mol. The van der Waals surface area contributed by atoms with Gasteiger partial charge in [-0.05, 0) is 37.1 Å². The van der Waals surface area contributed by atoms with Crippen LogP contribution in [0.5, 0.6) is 5.75 Å². The number of benzene rings is 1. The summed E-state index contributed by atoms with van der Waals surface area (Å²) in [6.07, 6.45) is 1.08. The van der Waals surface area contributed by atoms with Crippen LogP contribution in [0.1, 0.15) is 12.8 Å². The van der Waals surface area contributed by atoms with Crippen molar-refractivity contribution in [1.82, 2.24) is 4.31 Å². The molecule has 110 valence electrons. The minimum Gasteiger partial charge on any atom is -0.497 e. The third-order valence-electron chi connectivity index (χ3n) is 3.43. The molecule has 2 rings (SSSR count). The summed E-state index contributed by atoms with van der Waals surface area (Å²) >= 11 is 0. The van der Waals surface area contributed by atoms with Crippen LogP contribution in [-0.2, 0) is 14.8 Å². The van der Waals surface area contributed by atoms with Crippen molar-refractivity contribution < 1.29 is 23.1 Å². The van der Waals surface area contributed by atoms with E-state index in [1.807, 2.05) is 0 Å². The summed E-state index contributed by atoms with van der Waals surface area (Å²) in [4.78, 5) is 11.2. The van der Waals surface area contributed by atoms with Crippen LogP contribution in [0.25, 0.3) is 0 Å². The largest absolute Gasteiger partial charge is 0.497 e. The van der Waals surface area contributed by atoms with Crippen LogP contribution in [-0.4, -0.2) is 44.0 Å². The second-order valence-corrected chi connectivity index (χ2v) is 6.65. The first-order chi connectivity index (χ1) is 9.45. The number of sulfonamides is 1. The predicted molar refractivity (Wildman–Crippen MR) is 72.1 cm³/mol. The van der Waals surface area contributed by atoms with Gasteiger partial charge in [-0.3, -0.25) is 4.79 Å². The fourth-order valence-electron chi connectivity index (χ4n) is 2.26. The molecule has 0 saturated carbocycles. The Morgan fingerprint density at radius 1 is 1.35 bits per heavy atom. The number of methoxy groups -OCH3 is 1. The van der Waals surface area contributed by atoms with Gasteiger partial charge in [0, 0.05) is 13.1 Å². The van der Waals surface area contributed by atoms with Crippen LogP contribution >= 0.6 is 0 Å². The number of aliphatic carboxylic acids is 1. The van der Waals surface area contributed by atoms with E-state index in [0.29, 0.717) is 25.1 Å². The molecule has 0 spiro atoms. The van der Waals surface area contributed by atoms with Crippen molar-refractivity contribution >= 4 is 16.0 Å². The molecule has 1 atom stereocenters. The van der Waals surface area contributed by atoms with Gasteiger partial charge >= 0.3 is 5.97 Å². The third kappa shape index (κ3) is 2.94. The van der Waals surface area contributed by atoms with Crippen LogP contribution in [0, 0.1) is 5.92 Å². The molecular weight excluding hydrogens is 282 g/mol. The summed E-state index contributed by atoms with van der Waals surface area (Å²) in [5.41, 5.74) is 0. The first-order valence-electron chi connectivity index (χ1n) is 6.32. The molecule has 1 aliphatic rings. The van der Waals surface area contributed by atoms with Crippen LogP contribution in [0.4, 0.5) is 0 Å². The Balaban J connectivity index is 2.22. The molecular formula is C13H17NO5S. The SMILES string of the molecule is COc1ccc(S(=O)(=O)N2CCC[C@H](C(=O)O)C2)cc1. The van der Waals surface area contributed by atoms with Crippen LogP contribution < -0.4 is 4.74 Å². The van der Waals surface area contributed by atoms with E-state index in [-0.39, 0.29) is 11.4 Å². The fraction of sp³-hybridized carbons (Fsp3) is 0.462. The minimum absolute atomic E-state index is 0.0314. The lowest BCUT2D eigenvalue weighted by Gasteiger charge is -2.29. The van der Waals surface area contributed by atoms with Crippen molar-refractivity contribution in [3.8, 4) is 5.75 Å². The molecule has 1 aliphatic heterocycles. The lowest BCUT2D eigenvalue weighted by Crippen LogP contribution is -2.42. The number of carboxylic acids is 1. The van der Waals surface area contributed by atoms with E-state index in [4.69, 9.17) is 9.84 Å². The van der Waals surface area contributed by atoms with Gasteiger partial charge in [-0.15, -0.1) is 0 Å². The molecule has 7 heteroatoms. The number of carbonyl (C=O) groups is 1. The van der Waals surface area contributed by atoms with Crippen molar-refractivity contribution in [3.63, 3.8) is 0 Å². The van der Waals surface area contributed by atoms with E-state index in [1.165, 1.54) is 23.5 Å². The Kier molecular flexibility index (Phi) is 4.29. The number of hydrogen-bond donors (Lipinski definition) is 1. The van der Waals surface area contributed by atoms with E-state index in [1.54, 1.807) is 12.1 Å². The fourth-order valence-corrected chi connectivity index (χ4v) is 3.78. The normalized spacial score (nSPS) is 20.6. The first-order valence-corrected chi connectivity index (χ1v) is 7.76. The number of piperidine rings is 1. The van der Waals surface area contributed by atoms with Crippen LogP contribution in [0.3, 0.4) is 0 Å². The molecule has 0 bridgehead atoms. The molecule has 20 heavy (non-hydrogen) atoms. The van der Waals surface area contributed by atoms with Gasteiger partial charge in [0.1, 0.15) is 5.75 Å². The highest BCUT2D eigenvalue weighted by atomic mass is 32.2. The van der Waals surface area contributed by atoms with E-state index >= 15 is 0 Å². The molecule has 1 N–H and O–H groups in total. The summed E-state index contributed by atoms with van der Waals surface area (Å²) in [6.45, 7) is 0.391. The summed E-state index contributed by atoms with van der Waals surface area (Å²) in [6, 6.07) is 6.09. The Morgan fingerprint density at radius 2 is 2.00 bits per heavy atom. The number of nitrogens with zero attached hydrogens (tertiary/aromatic N) is 1. The topological polar surface area (TPSA) is 83.9 Å². The zero-order valence-electron chi connectivity index (χ0n) is 11.2. The zero-order valence-corrected chi connectivity index (χ0v) is 12.0. The quantitative estimate of drug-likeness (QED) is 0.902. The van der Waals surface area contributed by atoms with Crippen molar-refractivity contribution in [2.45, 2.75) is 17.7 Å². The lowest BCUT2D eigenvalue weighted by molar-refractivity contribution is -0.142. The standard InChI is InChI=1S/C13H17NO5S/c1-19-11-4-6-12(7-5-11)20(17,18)14-8-2-3-10(9-14)13(15)16/h4-7,10H,2-3,8-9H2,1H3,(H,15,16)/t10-/m0/s1. The first kappa shape index (κ1) is 14.8. The Labute approximate surface area is 118 Å². The van der Waals surface area contributed by atoms with Gasteiger partial charge in [0.2, 0.25) is 10.0 Å². The van der Waals surface area contributed by atoms with Gasteiger partial charge in [0.15, 0.2) is 0 Å². The van der Waals surface area contributed by atoms with Gasteiger partial charge in [-0.1, -0.05) is 0 Å². The molecule has 0 amide bonds. The average Bonchev–Trinajstić information content (AvgIpc) is 2.47. The summed E-state index contributed by atoms with van der Waals surface area (Å²) < 4.78 is 31.1. The second kappa shape index (κ2) is 5.80. The van der Waals surface area contributed by atoms with Crippen LogP contribution in [0.2, 0.25) is 0 Å². The maximum atomic E-state index is 12.4. The highest BCUT2D eigenvalue weighted by molar-refractivity contribution is 7.89. The van der Waals surface area contributed by atoms with E-state index in [9.17, 15) is 13.2 Å². The van der Waals surface area contributed by atoms with Crippen molar-refractivity contribution in [1.29, 1.82) is 0 Å². The van der Waals surface area contributed by atoms with Gasteiger partial charge in [-0.2, -0.15) is 4.31 Å². The van der Waals surface area contributed by atoms with Gasteiger partial charge < -0.3 is 9.84 Å². The highest BCUT2D eigenvalue weighted by Crippen LogP contribution is 2.25. The molecule has 0 radical (unpaired) electrons. The molecule has 1 aromatic rings. The minimum atomic E-state index is -3.64. The third-order valence-corrected chi connectivity index (χ3v) is 5.31. The monoisotopic (exact) mass is 299 g/mol. The predicted octanol–water partition coefficient (Wildman–Crippen LogP) is 1.18. The smallest absolute Gasteiger partial charge is 0.307 e. The molecule has 0 aromatic heterocycles. The Morgan fingerprint density at radius 3 is 2.55 bits per heavy atom. The summed E-state index contributed by atoms with van der Waals surface area (Å²) in [5, 5.41) is 9.02. The number of hydrogen-bond acceptors (Lipinski definition) is 4. The maximum absolute atomic E-state index is 12.4. The lowest BCUT2D eigenvalue weighted by atomic mass is 10.0. The summed E-state index contributed by atoms with van der Waals surface area (Å²) in [7, 11) is -2.13. The van der Waals surface area contributed by atoms with Crippen molar-refractivity contribution in [2.75, 3.05) is 20.2 Å². The van der Waals surface area contributed by atoms with Crippen molar-refractivity contribution in [3.05, 3.63) is 24.3 Å². The van der Waals surface area contributed by atoms with Gasteiger partial charge in [0.05, 0.1) is 17.9 Å². The molecule has 1 saturated heterocycles. The molecule has 0 aliphatic carbocycles. The molecule has 1 aromatic carbocycles. The molecule has 6 nitrogen and oxygen atoms in total. The Hall–Kier alpha value is -1.60. The van der Waals surface area contributed by atoms with Gasteiger partial charge in [0.25, 0.3) is 0 Å². The molecule has 0 unspecified atom stereocenters. The zero-order chi connectivity index (χ0) is 14.8. The van der Waals surface area contributed by atoms with Crippen LogP contribution in [0.15, 0.2) is 29.2 Å². The van der Waals surface area contributed by atoms with Crippen molar-refractivity contribution in [2.24, 2.45) is 5.92 Å². The number of ether oxygens (including phenoxy) is 1. The highest BCUT2D eigenvalue weighted by Gasteiger charge is 2.33. The molecule has 1 fully saturated rings. The number of rotatable bonds is 4. The summed E-state index contributed by atoms with van der Waals surface area (Å²) in [5.74, 6) is -0.998. The maximum Gasteiger partial charge on any atom is 0.307 e. The van der Waals surface area contributed by atoms with E-state index in [2.05, 4.69) is 0 Å². The van der Waals surface area contributed by atoms with Gasteiger partial charge in [-0.25, -0.2) is 8.42 Å². The molecule has 1 heterocycles. The Bertz CT molecular complexity index is 581.